The van der Waals surface area contributed by atoms with Crippen LogP contribution < -0.4 is 11.2 Å². The van der Waals surface area contributed by atoms with Crippen LogP contribution in [0, 0.1) is 5.82 Å². The largest absolute Gasteiger partial charge is 0.488 e. The number of rotatable bonds is 4. The lowest BCUT2D eigenvalue weighted by Crippen LogP contribution is -2.30. The van der Waals surface area contributed by atoms with Crippen LogP contribution in [0.3, 0.4) is 0 Å². The number of aromatic nitrogens is 2. The van der Waals surface area contributed by atoms with Crippen LogP contribution in [0.2, 0.25) is 0 Å². The Kier molecular flexibility index (Phi) is 4.10. The van der Waals surface area contributed by atoms with Crippen molar-refractivity contribution in [2.75, 3.05) is 0 Å². The first-order valence-corrected chi connectivity index (χ1v) is 6.32. The molecule has 106 valence electrons. The number of halogens is 1. The van der Waals surface area contributed by atoms with E-state index in [0.29, 0.717) is 5.56 Å². The van der Waals surface area contributed by atoms with Gasteiger partial charge in [-0.25, -0.2) is 9.18 Å². The van der Waals surface area contributed by atoms with E-state index in [1.54, 1.807) is 17.0 Å². The van der Waals surface area contributed by atoms with Crippen molar-refractivity contribution in [3.8, 4) is 0 Å². The van der Waals surface area contributed by atoms with Crippen molar-refractivity contribution in [3.05, 3.63) is 52.5 Å². The van der Waals surface area contributed by atoms with Gasteiger partial charge in [-0.3, -0.25) is 9.13 Å². The molecule has 0 aliphatic heterocycles. The molecule has 0 radical (unpaired) electrons. The lowest BCUT2D eigenvalue weighted by Gasteiger charge is -2.07. The highest BCUT2D eigenvalue weighted by Gasteiger charge is 2.14. The van der Waals surface area contributed by atoms with Gasteiger partial charge in [0.05, 0.1) is 6.54 Å². The second kappa shape index (κ2) is 5.64. The average Bonchev–Trinajstić information content (AvgIpc) is 2.73. The van der Waals surface area contributed by atoms with Crippen molar-refractivity contribution < 1.29 is 14.4 Å². The van der Waals surface area contributed by atoms with E-state index < -0.39 is 12.9 Å². The minimum Gasteiger partial charge on any atom is -0.423 e. The molecular formula is C13H16BFN2O3. The van der Waals surface area contributed by atoms with E-state index in [1.165, 1.54) is 16.7 Å². The van der Waals surface area contributed by atoms with Gasteiger partial charge in [0.2, 0.25) is 0 Å². The molecule has 0 amide bonds. The van der Waals surface area contributed by atoms with Crippen molar-refractivity contribution >= 4 is 12.6 Å². The van der Waals surface area contributed by atoms with Crippen LogP contribution in [0.1, 0.15) is 25.5 Å². The zero-order valence-electron chi connectivity index (χ0n) is 11.3. The first-order valence-electron chi connectivity index (χ1n) is 6.32. The molecule has 0 aliphatic rings. The predicted molar refractivity (Wildman–Crippen MR) is 74.4 cm³/mol. The summed E-state index contributed by atoms with van der Waals surface area (Å²) in [5, 5.41) is 17.9. The van der Waals surface area contributed by atoms with Gasteiger partial charge in [0, 0.05) is 24.0 Å². The van der Waals surface area contributed by atoms with Gasteiger partial charge >= 0.3 is 12.8 Å². The zero-order valence-corrected chi connectivity index (χ0v) is 11.3. The molecule has 0 fully saturated rings. The summed E-state index contributed by atoms with van der Waals surface area (Å²) >= 11 is 0. The summed E-state index contributed by atoms with van der Waals surface area (Å²) in [6, 6.07) is 3.97. The van der Waals surface area contributed by atoms with E-state index in [1.807, 2.05) is 13.8 Å². The molecule has 2 rings (SSSR count). The van der Waals surface area contributed by atoms with Crippen molar-refractivity contribution in [2.24, 2.45) is 0 Å². The van der Waals surface area contributed by atoms with Crippen LogP contribution >= 0.6 is 0 Å². The Labute approximate surface area is 116 Å². The van der Waals surface area contributed by atoms with E-state index in [9.17, 15) is 9.18 Å². The summed E-state index contributed by atoms with van der Waals surface area (Å²) in [5.41, 5.74) is 0.196. The van der Waals surface area contributed by atoms with Gasteiger partial charge in [-0.05, 0) is 25.4 Å². The SMILES string of the molecule is CC(C)n1ccn(Cc2ccc(B(O)O)cc2F)c1=O. The molecule has 0 aliphatic carbocycles. The molecule has 2 N–H and O–H groups in total. The van der Waals surface area contributed by atoms with E-state index in [2.05, 4.69) is 0 Å². The minimum atomic E-state index is -1.71. The minimum absolute atomic E-state index is 0.0421. The molecule has 0 saturated carbocycles. The van der Waals surface area contributed by atoms with Crippen LogP contribution in [0.5, 0.6) is 0 Å². The highest BCUT2D eigenvalue weighted by Crippen LogP contribution is 2.08. The highest BCUT2D eigenvalue weighted by atomic mass is 19.1. The molecule has 0 unspecified atom stereocenters. The molecule has 0 saturated heterocycles. The molecule has 7 heteroatoms. The van der Waals surface area contributed by atoms with Crippen molar-refractivity contribution in [1.82, 2.24) is 9.13 Å². The Hall–Kier alpha value is -1.86. The highest BCUT2D eigenvalue weighted by molar-refractivity contribution is 6.58. The fraction of sp³-hybridized carbons (Fsp3) is 0.308. The molecule has 0 bridgehead atoms. The molecule has 0 spiro atoms. The van der Waals surface area contributed by atoms with Crippen LogP contribution in [-0.4, -0.2) is 26.3 Å². The monoisotopic (exact) mass is 278 g/mol. The summed E-state index contributed by atoms with van der Waals surface area (Å²) in [6.07, 6.45) is 3.27. The summed E-state index contributed by atoms with van der Waals surface area (Å²) in [4.78, 5) is 12.0. The third-order valence-corrected chi connectivity index (χ3v) is 3.15. The quantitative estimate of drug-likeness (QED) is 0.779. The number of hydrogen-bond donors (Lipinski definition) is 2. The van der Waals surface area contributed by atoms with E-state index >= 15 is 0 Å². The zero-order chi connectivity index (χ0) is 14.9. The first kappa shape index (κ1) is 14.6. The lowest BCUT2D eigenvalue weighted by atomic mass is 9.80. The Balaban J connectivity index is 2.29. The summed E-state index contributed by atoms with van der Waals surface area (Å²) in [7, 11) is -1.71. The molecule has 1 heterocycles. The number of hydrogen-bond acceptors (Lipinski definition) is 3. The van der Waals surface area contributed by atoms with Crippen LogP contribution in [-0.2, 0) is 6.54 Å². The normalized spacial score (nSPS) is 11.1. The third-order valence-electron chi connectivity index (χ3n) is 3.15. The van der Waals surface area contributed by atoms with Crippen LogP contribution in [0.25, 0.3) is 0 Å². The molecule has 2 aromatic rings. The summed E-state index contributed by atoms with van der Waals surface area (Å²) in [6.45, 7) is 3.89. The van der Waals surface area contributed by atoms with Crippen molar-refractivity contribution in [2.45, 2.75) is 26.4 Å². The van der Waals surface area contributed by atoms with Gasteiger partial charge in [0.15, 0.2) is 0 Å². The van der Waals surface area contributed by atoms with Gasteiger partial charge in [-0.1, -0.05) is 12.1 Å². The number of imidazole rings is 1. The number of nitrogens with zero attached hydrogens (tertiary/aromatic N) is 2. The second-order valence-electron chi connectivity index (χ2n) is 4.93. The predicted octanol–water partition coefficient (Wildman–Crippen LogP) is 0.0979. The van der Waals surface area contributed by atoms with Gasteiger partial charge in [0.1, 0.15) is 5.82 Å². The molecular weight excluding hydrogens is 262 g/mol. The second-order valence-corrected chi connectivity index (χ2v) is 4.93. The molecule has 0 atom stereocenters. The molecule has 1 aromatic carbocycles. The van der Waals surface area contributed by atoms with Crippen LogP contribution in [0.15, 0.2) is 35.4 Å². The smallest absolute Gasteiger partial charge is 0.423 e. The maximum Gasteiger partial charge on any atom is 0.488 e. The van der Waals surface area contributed by atoms with Gasteiger partial charge in [-0.2, -0.15) is 0 Å². The fourth-order valence-electron chi connectivity index (χ4n) is 1.98. The van der Waals surface area contributed by atoms with Crippen LogP contribution in [0.4, 0.5) is 4.39 Å². The Morgan fingerprint density at radius 3 is 2.50 bits per heavy atom. The molecule has 5 nitrogen and oxygen atoms in total. The summed E-state index contributed by atoms with van der Waals surface area (Å²) < 4.78 is 16.8. The van der Waals surface area contributed by atoms with Gasteiger partial charge < -0.3 is 10.0 Å². The van der Waals surface area contributed by atoms with Crippen molar-refractivity contribution in [1.29, 1.82) is 0 Å². The number of benzene rings is 1. The van der Waals surface area contributed by atoms with E-state index in [-0.39, 0.29) is 23.7 Å². The first-order chi connectivity index (χ1) is 9.40. The lowest BCUT2D eigenvalue weighted by molar-refractivity contribution is 0.425. The molecule has 20 heavy (non-hydrogen) atoms. The third kappa shape index (κ3) is 2.83. The van der Waals surface area contributed by atoms with E-state index in [0.717, 1.165) is 6.07 Å². The van der Waals surface area contributed by atoms with Crippen molar-refractivity contribution in [3.63, 3.8) is 0 Å². The topological polar surface area (TPSA) is 67.4 Å². The van der Waals surface area contributed by atoms with E-state index in [4.69, 9.17) is 10.0 Å². The van der Waals surface area contributed by atoms with Gasteiger partial charge in [-0.15, -0.1) is 0 Å². The van der Waals surface area contributed by atoms with Gasteiger partial charge in [0.25, 0.3) is 0 Å². The maximum absolute atomic E-state index is 13.8. The molecule has 1 aromatic heterocycles. The standard InChI is InChI=1S/C13H16BFN2O3/c1-9(2)17-6-5-16(13(17)18)8-10-3-4-11(14(19)20)7-12(10)15/h3-7,9,19-20H,8H2,1-2H3. The summed E-state index contributed by atoms with van der Waals surface area (Å²) in [5.74, 6) is -0.570. The average molecular weight is 278 g/mol. The Morgan fingerprint density at radius 2 is 2.00 bits per heavy atom. The Bertz CT molecular complexity index is 664. The Morgan fingerprint density at radius 1 is 1.30 bits per heavy atom. The fourth-order valence-corrected chi connectivity index (χ4v) is 1.98. The maximum atomic E-state index is 13.8.